The van der Waals surface area contributed by atoms with E-state index in [1.165, 1.54) is 6.07 Å². The number of nitrogens with one attached hydrogen (secondary N) is 2. The van der Waals surface area contributed by atoms with Crippen molar-refractivity contribution in [3.05, 3.63) is 94.7 Å². The maximum absolute atomic E-state index is 12.9. The first kappa shape index (κ1) is 21.1. The van der Waals surface area contributed by atoms with Crippen molar-refractivity contribution < 1.29 is 19.5 Å². The largest absolute Gasteiger partial charge is 0.506 e. The van der Waals surface area contributed by atoms with E-state index in [4.69, 9.17) is 11.6 Å². The van der Waals surface area contributed by atoms with Crippen LogP contribution >= 0.6 is 11.6 Å². The molecule has 8 heteroatoms. The van der Waals surface area contributed by atoms with Gasteiger partial charge in [-0.2, -0.15) is 0 Å². The van der Waals surface area contributed by atoms with Crippen molar-refractivity contribution in [2.45, 2.75) is 6.92 Å². The molecular formula is C24H18ClN3O4. The fourth-order valence-electron chi connectivity index (χ4n) is 3.27. The van der Waals surface area contributed by atoms with Gasteiger partial charge in [-0.05, 0) is 55.0 Å². The van der Waals surface area contributed by atoms with Crippen LogP contribution in [0.25, 0.3) is 0 Å². The Hall–Kier alpha value is -4.10. The molecule has 0 saturated carbocycles. The number of aromatic hydroxyl groups is 1. The molecule has 1 heterocycles. The molecule has 3 amide bonds. The van der Waals surface area contributed by atoms with E-state index in [0.717, 1.165) is 10.5 Å². The molecule has 1 aliphatic rings. The molecule has 0 radical (unpaired) electrons. The zero-order chi connectivity index (χ0) is 22.8. The van der Waals surface area contributed by atoms with Gasteiger partial charge in [-0.25, -0.2) is 4.90 Å². The zero-order valence-corrected chi connectivity index (χ0v) is 17.7. The summed E-state index contributed by atoms with van der Waals surface area (Å²) >= 11 is 6.17. The number of hydrogen-bond donors (Lipinski definition) is 3. The summed E-state index contributed by atoms with van der Waals surface area (Å²) in [6, 6.07) is 19.7. The number of aryl methyl sites for hydroxylation is 1. The number of carbonyl (C=O) groups excluding carboxylic acids is 3. The third-order valence-electron chi connectivity index (χ3n) is 4.95. The number of benzene rings is 3. The van der Waals surface area contributed by atoms with Crippen LogP contribution in [0.15, 0.2) is 83.5 Å². The van der Waals surface area contributed by atoms with Crippen LogP contribution in [0.2, 0.25) is 0 Å². The van der Waals surface area contributed by atoms with Crippen molar-refractivity contribution in [3.63, 3.8) is 0 Å². The molecule has 3 aromatic rings. The number of halogens is 1. The van der Waals surface area contributed by atoms with E-state index >= 15 is 0 Å². The number of phenolic OH excluding ortho intramolecular Hbond substituents is 1. The van der Waals surface area contributed by atoms with Gasteiger partial charge in [0.1, 0.15) is 16.5 Å². The molecule has 0 spiro atoms. The third-order valence-corrected chi connectivity index (χ3v) is 5.30. The highest BCUT2D eigenvalue weighted by atomic mass is 35.5. The van der Waals surface area contributed by atoms with Gasteiger partial charge in [-0.1, -0.05) is 41.9 Å². The summed E-state index contributed by atoms with van der Waals surface area (Å²) in [7, 11) is 0. The number of carbonyl (C=O) groups is 3. The van der Waals surface area contributed by atoms with Gasteiger partial charge in [0, 0.05) is 11.3 Å². The summed E-state index contributed by atoms with van der Waals surface area (Å²) in [4.78, 5) is 39.0. The Morgan fingerprint density at radius 1 is 0.906 bits per heavy atom. The molecule has 0 aromatic heterocycles. The van der Waals surface area contributed by atoms with Gasteiger partial charge in [0.25, 0.3) is 17.7 Å². The van der Waals surface area contributed by atoms with Crippen LogP contribution in [-0.4, -0.2) is 22.8 Å². The lowest BCUT2D eigenvalue weighted by Crippen LogP contribution is -2.32. The smallest absolute Gasteiger partial charge is 0.283 e. The summed E-state index contributed by atoms with van der Waals surface area (Å²) < 4.78 is 0. The Bertz CT molecular complexity index is 1270. The number of rotatable bonds is 5. The number of phenols is 1. The fraction of sp³-hybridized carbons (Fsp3) is 0.0417. The lowest BCUT2D eigenvalue weighted by atomic mass is 10.1. The van der Waals surface area contributed by atoms with Crippen molar-refractivity contribution in [2.75, 3.05) is 15.5 Å². The Morgan fingerprint density at radius 3 is 2.25 bits per heavy atom. The average Bonchev–Trinajstić information content (AvgIpc) is 2.99. The Morgan fingerprint density at radius 2 is 1.56 bits per heavy atom. The highest BCUT2D eigenvalue weighted by molar-refractivity contribution is 6.53. The van der Waals surface area contributed by atoms with Gasteiger partial charge in [0.2, 0.25) is 0 Å². The molecule has 3 N–H and O–H groups in total. The number of imide groups is 1. The van der Waals surface area contributed by atoms with Gasteiger partial charge in [0.05, 0.1) is 11.4 Å². The molecule has 0 saturated heterocycles. The maximum Gasteiger partial charge on any atom is 0.283 e. The summed E-state index contributed by atoms with van der Waals surface area (Å²) in [6.45, 7) is 1.80. The minimum Gasteiger partial charge on any atom is -0.506 e. The SMILES string of the molecule is Cc1ccccc1N1C(=O)C(Cl)=C(Nc2ccc(C(=O)Nc3ccccc3O)cc2)C1=O. The molecule has 7 nitrogen and oxygen atoms in total. The lowest BCUT2D eigenvalue weighted by molar-refractivity contribution is -0.120. The van der Waals surface area contributed by atoms with E-state index in [1.54, 1.807) is 67.6 Å². The Kier molecular flexibility index (Phi) is 5.66. The van der Waals surface area contributed by atoms with Crippen LogP contribution in [0.1, 0.15) is 15.9 Å². The van der Waals surface area contributed by atoms with Crippen LogP contribution < -0.4 is 15.5 Å². The first-order chi connectivity index (χ1) is 15.4. The summed E-state index contributed by atoms with van der Waals surface area (Å²) in [5, 5.41) is 15.1. The summed E-state index contributed by atoms with van der Waals surface area (Å²) in [5.74, 6) is -1.61. The number of amides is 3. The van der Waals surface area contributed by atoms with Crippen LogP contribution in [0.5, 0.6) is 5.75 Å². The molecule has 0 bridgehead atoms. The molecule has 4 rings (SSSR count). The van der Waals surface area contributed by atoms with Gasteiger partial charge >= 0.3 is 0 Å². The summed E-state index contributed by atoms with van der Waals surface area (Å²) in [5.41, 5.74) is 2.31. The normalized spacial score (nSPS) is 13.5. The molecular weight excluding hydrogens is 430 g/mol. The van der Waals surface area contributed by atoms with E-state index in [9.17, 15) is 19.5 Å². The minimum absolute atomic E-state index is 0.0358. The second-order valence-electron chi connectivity index (χ2n) is 7.09. The predicted octanol–water partition coefficient (Wildman–Crippen LogP) is 4.39. The van der Waals surface area contributed by atoms with Crippen molar-refractivity contribution in [1.82, 2.24) is 0 Å². The van der Waals surface area contributed by atoms with Crippen LogP contribution in [0.3, 0.4) is 0 Å². The molecule has 160 valence electrons. The first-order valence-electron chi connectivity index (χ1n) is 9.67. The Labute approximate surface area is 188 Å². The first-order valence-corrected chi connectivity index (χ1v) is 10.0. The topological polar surface area (TPSA) is 98.7 Å². The van der Waals surface area contributed by atoms with Crippen LogP contribution in [0.4, 0.5) is 17.1 Å². The quantitative estimate of drug-likeness (QED) is 0.398. The van der Waals surface area contributed by atoms with Gasteiger partial charge in [0.15, 0.2) is 0 Å². The second-order valence-corrected chi connectivity index (χ2v) is 7.47. The highest BCUT2D eigenvalue weighted by Crippen LogP contribution is 2.32. The van der Waals surface area contributed by atoms with E-state index in [-0.39, 0.29) is 16.5 Å². The zero-order valence-electron chi connectivity index (χ0n) is 16.9. The van der Waals surface area contributed by atoms with Gasteiger partial charge in [-0.3, -0.25) is 14.4 Å². The van der Waals surface area contributed by atoms with E-state index < -0.39 is 17.7 Å². The monoisotopic (exact) mass is 447 g/mol. The number of nitrogens with zero attached hydrogens (tertiary/aromatic N) is 1. The fourth-order valence-corrected chi connectivity index (χ4v) is 3.48. The lowest BCUT2D eigenvalue weighted by Gasteiger charge is -2.17. The Balaban J connectivity index is 1.50. The minimum atomic E-state index is -0.605. The van der Waals surface area contributed by atoms with Crippen molar-refractivity contribution in [1.29, 1.82) is 0 Å². The second kappa shape index (κ2) is 8.56. The van der Waals surface area contributed by atoms with E-state index in [2.05, 4.69) is 10.6 Å². The molecule has 3 aromatic carbocycles. The number of para-hydroxylation sites is 3. The molecule has 32 heavy (non-hydrogen) atoms. The molecule has 0 aliphatic carbocycles. The number of anilines is 3. The molecule has 1 aliphatic heterocycles. The molecule has 0 atom stereocenters. The third kappa shape index (κ3) is 3.93. The van der Waals surface area contributed by atoms with E-state index in [1.807, 2.05) is 6.07 Å². The maximum atomic E-state index is 12.9. The summed E-state index contributed by atoms with van der Waals surface area (Å²) in [6.07, 6.45) is 0. The molecule has 0 unspecified atom stereocenters. The van der Waals surface area contributed by atoms with Gasteiger partial charge in [-0.15, -0.1) is 0 Å². The number of hydrogen-bond acceptors (Lipinski definition) is 5. The van der Waals surface area contributed by atoms with Crippen LogP contribution in [-0.2, 0) is 9.59 Å². The molecule has 0 fully saturated rings. The van der Waals surface area contributed by atoms with Gasteiger partial charge < -0.3 is 15.7 Å². The van der Waals surface area contributed by atoms with Crippen molar-refractivity contribution >= 4 is 46.4 Å². The van der Waals surface area contributed by atoms with Crippen molar-refractivity contribution in [2.24, 2.45) is 0 Å². The van der Waals surface area contributed by atoms with E-state index in [0.29, 0.717) is 22.6 Å². The van der Waals surface area contributed by atoms with Crippen LogP contribution in [0, 0.1) is 6.92 Å². The highest BCUT2D eigenvalue weighted by Gasteiger charge is 2.39. The standard InChI is InChI=1S/C24H18ClN3O4/c1-14-6-2-4-8-18(14)28-23(31)20(25)21(24(28)32)26-16-12-10-15(11-13-16)22(30)27-17-7-3-5-9-19(17)29/h2-13,26,29H,1H3,(H,27,30). The van der Waals surface area contributed by atoms with Crippen molar-refractivity contribution in [3.8, 4) is 5.75 Å². The predicted molar refractivity (Wildman–Crippen MR) is 123 cm³/mol. The average molecular weight is 448 g/mol.